The topological polar surface area (TPSA) is 3.24 Å². The fraction of sp³-hybridized carbons (Fsp3) is 0.368. The molecule has 1 nitrogen and oxygen atoms in total. The van der Waals surface area contributed by atoms with E-state index in [4.69, 9.17) is 0 Å². The van der Waals surface area contributed by atoms with Crippen LogP contribution in [0.3, 0.4) is 0 Å². The Morgan fingerprint density at radius 3 is 1.35 bits per heavy atom. The summed E-state index contributed by atoms with van der Waals surface area (Å²) in [5, 5.41) is 0. The molecule has 1 heteroatoms. The van der Waals surface area contributed by atoms with Gasteiger partial charge in [-0.15, -0.1) is 0 Å². The largest absolute Gasteiger partial charge is 0.378 e. The molecule has 20 heavy (non-hydrogen) atoms. The first kappa shape index (κ1) is 18.2. The van der Waals surface area contributed by atoms with Crippen molar-refractivity contribution in [1.82, 2.24) is 0 Å². The summed E-state index contributed by atoms with van der Waals surface area (Å²) in [6, 6.07) is 15.0. The van der Waals surface area contributed by atoms with Gasteiger partial charge in [-0.2, -0.15) is 0 Å². The first-order chi connectivity index (χ1) is 8.88. The van der Waals surface area contributed by atoms with Crippen LogP contribution in [0.2, 0.25) is 0 Å². The fourth-order valence-electron chi connectivity index (χ4n) is 2.02. The molecule has 2 aromatic rings. The maximum atomic E-state index is 2.19. The van der Waals surface area contributed by atoms with Gasteiger partial charge in [0.15, 0.2) is 0 Å². The first-order valence-corrected chi connectivity index (χ1v) is 6.67. The van der Waals surface area contributed by atoms with Gasteiger partial charge in [-0.3, -0.25) is 0 Å². The third kappa shape index (κ3) is 6.42. The van der Waals surface area contributed by atoms with E-state index in [1.165, 1.54) is 27.9 Å². The quantitative estimate of drug-likeness (QED) is 0.679. The molecule has 0 bridgehead atoms. The minimum absolute atomic E-state index is 0. The molecule has 0 atom stereocenters. The second kappa shape index (κ2) is 8.42. The van der Waals surface area contributed by atoms with Gasteiger partial charge in [0.1, 0.15) is 0 Å². The molecule has 0 saturated heterocycles. The predicted octanol–water partition coefficient (Wildman–Crippen LogP) is 5.31. The number of hydrogen-bond acceptors (Lipinski definition) is 1. The van der Waals surface area contributed by atoms with Crippen LogP contribution in [-0.2, 0) is 0 Å². The van der Waals surface area contributed by atoms with Gasteiger partial charge in [0.25, 0.3) is 0 Å². The minimum Gasteiger partial charge on any atom is -0.378 e. The highest BCUT2D eigenvalue weighted by molar-refractivity contribution is 5.49. The molecular formula is C19H29N. The number of anilines is 1. The van der Waals surface area contributed by atoms with Gasteiger partial charge in [0, 0.05) is 19.8 Å². The van der Waals surface area contributed by atoms with Crippen molar-refractivity contribution in [3.05, 3.63) is 64.7 Å². The van der Waals surface area contributed by atoms with Crippen molar-refractivity contribution in [2.75, 3.05) is 19.0 Å². The van der Waals surface area contributed by atoms with Crippen LogP contribution < -0.4 is 4.90 Å². The molecular weight excluding hydrogens is 242 g/mol. The van der Waals surface area contributed by atoms with Crippen molar-refractivity contribution in [3.8, 4) is 0 Å². The van der Waals surface area contributed by atoms with E-state index in [0.717, 1.165) is 0 Å². The monoisotopic (exact) mass is 271 g/mol. The van der Waals surface area contributed by atoms with E-state index < -0.39 is 0 Å². The second-order valence-electron chi connectivity index (χ2n) is 5.40. The molecule has 0 amide bonds. The highest BCUT2D eigenvalue weighted by atomic mass is 15.1. The summed E-state index contributed by atoms with van der Waals surface area (Å²) < 4.78 is 0. The van der Waals surface area contributed by atoms with Crippen LogP contribution in [0.15, 0.2) is 42.5 Å². The van der Waals surface area contributed by atoms with Crippen LogP contribution in [0.4, 0.5) is 5.69 Å². The molecule has 0 aliphatic heterocycles. The van der Waals surface area contributed by atoms with Gasteiger partial charge < -0.3 is 4.90 Å². The molecule has 0 aromatic heterocycles. The lowest BCUT2D eigenvalue weighted by Gasteiger charge is -2.13. The third-order valence-electron chi connectivity index (χ3n) is 2.90. The zero-order chi connectivity index (χ0) is 14.4. The number of rotatable bonds is 1. The molecule has 0 saturated carbocycles. The van der Waals surface area contributed by atoms with Crippen molar-refractivity contribution in [3.63, 3.8) is 0 Å². The van der Waals surface area contributed by atoms with Gasteiger partial charge in [-0.1, -0.05) is 48.9 Å². The molecule has 0 radical (unpaired) electrons. The minimum atomic E-state index is 0. The maximum absolute atomic E-state index is 2.19. The van der Waals surface area contributed by atoms with Gasteiger partial charge in [0.2, 0.25) is 0 Å². The number of hydrogen-bond donors (Lipinski definition) is 0. The molecule has 0 spiro atoms. The lowest BCUT2D eigenvalue weighted by molar-refractivity contribution is 1.12. The van der Waals surface area contributed by atoms with Crippen LogP contribution in [0, 0.1) is 27.7 Å². The molecule has 0 heterocycles. The SMILES string of the molecule is C.Cc1cc(C)cc(N(C)C)c1.Cc1cccc(C)c1. The smallest absolute Gasteiger partial charge is 0.0366 e. The molecule has 0 N–H and O–H groups in total. The Labute approximate surface area is 125 Å². The standard InChI is InChI=1S/C10H15N.C8H10.CH4/c1-8-5-9(2)7-10(6-8)11(3)4;1-7-4-3-5-8(2)6-7;/h5-7H,1-4H3;3-6H,1-2H3;1H4. The third-order valence-corrected chi connectivity index (χ3v) is 2.90. The Morgan fingerprint density at radius 1 is 0.650 bits per heavy atom. The van der Waals surface area contributed by atoms with Crippen molar-refractivity contribution in [2.45, 2.75) is 35.1 Å². The first-order valence-electron chi connectivity index (χ1n) is 6.67. The van der Waals surface area contributed by atoms with E-state index in [1.807, 2.05) is 0 Å². The normalized spacial score (nSPS) is 9.10. The molecule has 0 aliphatic rings. The van der Waals surface area contributed by atoms with Crippen LogP contribution in [0.1, 0.15) is 29.7 Å². The van der Waals surface area contributed by atoms with Crippen molar-refractivity contribution in [2.24, 2.45) is 0 Å². The Kier molecular flexibility index (Phi) is 7.68. The summed E-state index contributed by atoms with van der Waals surface area (Å²) in [5.41, 5.74) is 6.61. The van der Waals surface area contributed by atoms with Crippen LogP contribution in [0.25, 0.3) is 0 Å². The summed E-state index contributed by atoms with van der Waals surface area (Å²) in [4.78, 5) is 2.12. The number of nitrogens with zero attached hydrogens (tertiary/aromatic N) is 1. The summed E-state index contributed by atoms with van der Waals surface area (Å²) in [6.45, 7) is 8.46. The Hall–Kier alpha value is -1.76. The van der Waals surface area contributed by atoms with Crippen molar-refractivity contribution < 1.29 is 0 Å². The number of aryl methyl sites for hydroxylation is 4. The van der Waals surface area contributed by atoms with Gasteiger partial charge in [-0.05, 0) is 51.0 Å². The summed E-state index contributed by atoms with van der Waals surface area (Å²) in [5.74, 6) is 0. The zero-order valence-corrected chi connectivity index (χ0v) is 13.0. The molecule has 2 rings (SSSR count). The molecule has 0 fully saturated rings. The molecule has 110 valence electrons. The molecule has 0 unspecified atom stereocenters. The second-order valence-corrected chi connectivity index (χ2v) is 5.40. The van der Waals surface area contributed by atoms with Crippen LogP contribution >= 0.6 is 0 Å². The van der Waals surface area contributed by atoms with E-state index in [9.17, 15) is 0 Å². The van der Waals surface area contributed by atoms with Crippen molar-refractivity contribution >= 4 is 5.69 Å². The Bertz CT molecular complexity index is 490. The summed E-state index contributed by atoms with van der Waals surface area (Å²) >= 11 is 0. The number of benzene rings is 2. The summed E-state index contributed by atoms with van der Waals surface area (Å²) in [7, 11) is 4.13. The van der Waals surface area contributed by atoms with E-state index >= 15 is 0 Å². The zero-order valence-electron chi connectivity index (χ0n) is 13.0. The van der Waals surface area contributed by atoms with E-state index in [0.29, 0.717) is 0 Å². The highest BCUT2D eigenvalue weighted by Crippen LogP contribution is 2.15. The van der Waals surface area contributed by atoms with Gasteiger partial charge in [0.05, 0.1) is 0 Å². The van der Waals surface area contributed by atoms with E-state index in [-0.39, 0.29) is 7.43 Å². The maximum Gasteiger partial charge on any atom is 0.0366 e. The highest BCUT2D eigenvalue weighted by Gasteiger charge is 1.95. The Morgan fingerprint density at radius 2 is 1.05 bits per heavy atom. The van der Waals surface area contributed by atoms with Gasteiger partial charge >= 0.3 is 0 Å². The lowest BCUT2D eigenvalue weighted by Crippen LogP contribution is -2.08. The molecule has 2 aromatic carbocycles. The average Bonchev–Trinajstić information content (AvgIpc) is 2.28. The van der Waals surface area contributed by atoms with E-state index in [2.05, 4.69) is 89.2 Å². The van der Waals surface area contributed by atoms with Crippen molar-refractivity contribution in [1.29, 1.82) is 0 Å². The Balaban J connectivity index is 0.000000359. The van der Waals surface area contributed by atoms with E-state index in [1.54, 1.807) is 0 Å². The predicted molar refractivity (Wildman–Crippen MR) is 92.9 cm³/mol. The lowest BCUT2D eigenvalue weighted by atomic mass is 10.1. The van der Waals surface area contributed by atoms with Crippen LogP contribution in [0.5, 0.6) is 0 Å². The van der Waals surface area contributed by atoms with Gasteiger partial charge in [-0.25, -0.2) is 0 Å². The fourth-order valence-corrected chi connectivity index (χ4v) is 2.02. The molecule has 0 aliphatic carbocycles. The van der Waals surface area contributed by atoms with Crippen LogP contribution in [-0.4, -0.2) is 14.1 Å². The summed E-state index contributed by atoms with van der Waals surface area (Å²) in [6.07, 6.45) is 0. The average molecular weight is 271 g/mol.